The summed E-state index contributed by atoms with van der Waals surface area (Å²) in [6, 6.07) is 0. The normalized spacial score (nSPS) is 8.57. The molecule has 0 aromatic heterocycles. The van der Waals surface area contributed by atoms with E-state index in [9.17, 15) is 8.19 Å². The first-order valence-corrected chi connectivity index (χ1v) is 3.84. The second-order valence-electron chi connectivity index (χ2n) is 0.641. The number of hydrogen-bond donors (Lipinski definition) is 0. The van der Waals surface area contributed by atoms with Gasteiger partial charge in [0.05, 0.1) is 0 Å². The Bertz CT molecular complexity index is 34.1. The van der Waals surface area contributed by atoms with Crippen molar-refractivity contribution in [2.45, 2.75) is 6.92 Å². The Kier molecular flexibility index (Phi) is 10.8. The predicted molar refractivity (Wildman–Crippen MR) is 17.4 cm³/mol. The fourth-order valence-corrected chi connectivity index (χ4v) is 0.548. The summed E-state index contributed by atoms with van der Waals surface area (Å²) in [5.74, 6) is 0. The molecular formula is C2H5AsCuO3. The Balaban J connectivity index is 0. The van der Waals surface area contributed by atoms with Crippen molar-refractivity contribution in [3.05, 3.63) is 0 Å². The molecule has 47 valence electrons. The van der Waals surface area contributed by atoms with Gasteiger partial charge >= 0.3 is 58.2 Å². The molecule has 0 bridgehead atoms. The fraction of sp³-hybridized carbons (Fsp3) is 1.00. The van der Waals surface area contributed by atoms with Crippen molar-refractivity contribution < 1.29 is 29.0 Å². The monoisotopic (exact) mass is 215 g/mol. The van der Waals surface area contributed by atoms with Crippen LogP contribution >= 0.6 is 0 Å². The summed E-state index contributed by atoms with van der Waals surface area (Å²) in [7, 11) is 0. The van der Waals surface area contributed by atoms with Crippen molar-refractivity contribution in [3.8, 4) is 0 Å². The van der Waals surface area contributed by atoms with Crippen LogP contribution in [-0.4, -0.2) is 22.3 Å². The summed E-state index contributed by atoms with van der Waals surface area (Å²) in [6.45, 7) is 1.91. The van der Waals surface area contributed by atoms with E-state index in [0.717, 1.165) is 0 Å². The van der Waals surface area contributed by atoms with Crippen LogP contribution < -0.4 is 8.19 Å². The third-order valence-corrected chi connectivity index (χ3v) is 1.22. The molecule has 0 aromatic rings. The van der Waals surface area contributed by atoms with Gasteiger partial charge < -0.3 is 0 Å². The van der Waals surface area contributed by atoms with E-state index in [-0.39, 0.29) is 23.7 Å². The molecule has 0 saturated carbocycles. The molecule has 0 heterocycles. The third-order valence-electron chi connectivity index (χ3n) is 0.235. The second-order valence-corrected chi connectivity index (χ2v) is 2.12. The number of rotatable bonds is 2. The molecule has 0 aliphatic heterocycles. The topological polar surface area (TPSA) is 55.3 Å². The smallest absolute Gasteiger partial charge is 2.00 e. The van der Waals surface area contributed by atoms with E-state index >= 15 is 0 Å². The van der Waals surface area contributed by atoms with E-state index in [4.69, 9.17) is 0 Å². The largest absolute Gasteiger partial charge is 2.00 e. The van der Waals surface area contributed by atoms with Gasteiger partial charge in [-0.25, -0.2) is 0 Å². The molecule has 0 aliphatic rings. The molecule has 1 radical (unpaired) electrons. The molecule has 0 atom stereocenters. The molecule has 0 fully saturated rings. The van der Waals surface area contributed by atoms with Crippen LogP contribution in [0.3, 0.4) is 0 Å². The Labute approximate surface area is 58.5 Å². The van der Waals surface area contributed by atoms with Crippen molar-refractivity contribution >= 4 is 15.7 Å². The van der Waals surface area contributed by atoms with Gasteiger partial charge in [-0.15, -0.1) is 0 Å². The van der Waals surface area contributed by atoms with E-state index in [0.29, 0.717) is 0 Å². The van der Waals surface area contributed by atoms with Crippen molar-refractivity contribution in [2.75, 3.05) is 6.61 Å². The van der Waals surface area contributed by atoms with E-state index < -0.39 is 15.7 Å². The van der Waals surface area contributed by atoms with Gasteiger partial charge in [-0.2, -0.15) is 0 Å². The summed E-state index contributed by atoms with van der Waals surface area (Å²) in [4.78, 5) is 0. The minimum absolute atomic E-state index is 0. The van der Waals surface area contributed by atoms with Gasteiger partial charge in [-0.05, 0) is 0 Å². The first-order chi connectivity index (χ1) is 2.77. The van der Waals surface area contributed by atoms with Gasteiger partial charge in [0.25, 0.3) is 0 Å². The van der Waals surface area contributed by atoms with Crippen molar-refractivity contribution in [2.24, 2.45) is 0 Å². The first kappa shape index (κ1) is 10.9. The molecule has 5 heteroatoms. The summed E-state index contributed by atoms with van der Waals surface area (Å²) < 4.78 is 23.1. The predicted octanol–water partition coefficient (Wildman–Crippen LogP) is -2.27. The van der Waals surface area contributed by atoms with Crippen LogP contribution in [0.1, 0.15) is 6.92 Å². The molecule has 0 aliphatic carbocycles. The van der Waals surface area contributed by atoms with Gasteiger partial charge in [-0.3, -0.25) is 0 Å². The maximum Gasteiger partial charge on any atom is 2.00 e. The molecule has 0 rings (SSSR count). The van der Waals surface area contributed by atoms with Gasteiger partial charge in [0.1, 0.15) is 0 Å². The van der Waals surface area contributed by atoms with Crippen molar-refractivity contribution in [1.82, 2.24) is 0 Å². The summed E-state index contributed by atoms with van der Waals surface area (Å²) in [5.41, 5.74) is 0. The van der Waals surface area contributed by atoms with E-state index in [1.807, 2.05) is 0 Å². The molecule has 0 spiro atoms. The third kappa shape index (κ3) is 10.9. The molecule has 0 amide bonds. The van der Waals surface area contributed by atoms with Gasteiger partial charge in [-0.1, -0.05) is 0 Å². The average Bonchev–Trinajstić information content (AvgIpc) is 1.35. The summed E-state index contributed by atoms with van der Waals surface area (Å²) in [5, 5.41) is 0. The van der Waals surface area contributed by atoms with Crippen LogP contribution in [0.2, 0.25) is 0 Å². The van der Waals surface area contributed by atoms with Gasteiger partial charge in [0.15, 0.2) is 0 Å². The van der Waals surface area contributed by atoms with Crippen LogP contribution in [0, 0.1) is 0 Å². The molecular weight excluding hydrogens is 210 g/mol. The van der Waals surface area contributed by atoms with Crippen molar-refractivity contribution in [1.29, 1.82) is 0 Å². The number of hydrogen-bond acceptors (Lipinski definition) is 3. The van der Waals surface area contributed by atoms with Crippen LogP contribution in [0.15, 0.2) is 0 Å². The van der Waals surface area contributed by atoms with Crippen LogP contribution in [0.5, 0.6) is 0 Å². The molecule has 0 saturated heterocycles. The van der Waals surface area contributed by atoms with Gasteiger partial charge in [0.2, 0.25) is 0 Å². The Morgan fingerprint density at radius 1 is 1.57 bits per heavy atom. The zero-order valence-electron chi connectivity index (χ0n) is 3.68. The van der Waals surface area contributed by atoms with E-state index in [2.05, 4.69) is 3.73 Å². The first-order valence-electron chi connectivity index (χ1n) is 1.54. The summed E-state index contributed by atoms with van der Waals surface area (Å²) in [6.07, 6.45) is 0. The second kappa shape index (κ2) is 6.96. The molecule has 7 heavy (non-hydrogen) atoms. The maximum atomic E-state index is 9.50. The Hall–Kier alpha value is 0.958. The van der Waals surface area contributed by atoms with Crippen LogP contribution in [0.25, 0.3) is 0 Å². The standard InChI is InChI=1S/C2H5AsO3.Cu/c1-2-6-3(4)5;/h2H2,1H3;/q-2;+2. The van der Waals surface area contributed by atoms with E-state index in [1.54, 1.807) is 6.92 Å². The Morgan fingerprint density at radius 2 is 2.00 bits per heavy atom. The molecule has 0 aromatic carbocycles. The summed E-state index contributed by atoms with van der Waals surface area (Å²) >= 11 is -3.22. The average molecular weight is 216 g/mol. The molecule has 0 unspecified atom stereocenters. The minimum atomic E-state index is -3.22. The zero-order chi connectivity index (χ0) is 4.99. The van der Waals surface area contributed by atoms with Crippen molar-refractivity contribution in [3.63, 3.8) is 0 Å². The molecule has 0 N–H and O–H groups in total. The molecule has 3 nitrogen and oxygen atoms in total. The Morgan fingerprint density at radius 3 is 2.00 bits per heavy atom. The maximum absolute atomic E-state index is 9.50. The SMILES string of the molecule is CCO[As]([O-])[O-].[Cu+2]. The minimum Gasteiger partial charge on any atom is 2.00 e. The van der Waals surface area contributed by atoms with E-state index in [1.165, 1.54) is 0 Å². The van der Waals surface area contributed by atoms with Crippen LogP contribution in [-0.2, 0) is 20.8 Å². The van der Waals surface area contributed by atoms with Crippen LogP contribution in [0.4, 0.5) is 0 Å². The van der Waals surface area contributed by atoms with Gasteiger partial charge in [0, 0.05) is 0 Å². The fourth-order valence-electron chi connectivity index (χ4n) is 0.105. The zero-order valence-corrected chi connectivity index (χ0v) is 6.50. The quantitative estimate of drug-likeness (QED) is 0.488.